The first-order valence-corrected chi connectivity index (χ1v) is 8.44. The van der Waals surface area contributed by atoms with E-state index in [2.05, 4.69) is 9.89 Å². The zero-order valence-corrected chi connectivity index (χ0v) is 14.3. The Bertz CT molecular complexity index is 747. The highest BCUT2D eigenvalue weighted by atomic mass is 35.5. The summed E-state index contributed by atoms with van der Waals surface area (Å²) in [7, 11) is 0. The lowest BCUT2D eigenvalue weighted by Crippen LogP contribution is -2.28. The molecule has 1 heterocycles. The van der Waals surface area contributed by atoms with Gasteiger partial charge in [0.25, 0.3) is 0 Å². The lowest BCUT2D eigenvalue weighted by Gasteiger charge is -2.25. The predicted molar refractivity (Wildman–Crippen MR) is 96.5 cm³/mol. The third-order valence-corrected chi connectivity index (χ3v) is 4.30. The number of nitrogens with one attached hydrogen (secondary N) is 1. The lowest BCUT2D eigenvalue weighted by atomic mass is 10.1. The second kappa shape index (κ2) is 7.09. The largest absolute Gasteiger partial charge is 0.508 e. The molecule has 1 aliphatic heterocycles. The van der Waals surface area contributed by atoms with Crippen molar-refractivity contribution in [2.24, 2.45) is 4.99 Å². The third-order valence-electron chi connectivity index (χ3n) is 4.00. The van der Waals surface area contributed by atoms with Gasteiger partial charge in [0, 0.05) is 25.2 Å². The standard InChI is InChI=1S/C18H20ClN3O2/c1-2-24-18-11-16(21-15-6-5-12(23)9-13(15)19)17(10-14(18)20)22-7-3-4-8-22/h5-6,9-11,20,23H,2-4,7-8H2,1H3. The van der Waals surface area contributed by atoms with Crippen molar-refractivity contribution in [3.8, 4) is 5.75 Å². The van der Waals surface area contributed by atoms with E-state index in [1.54, 1.807) is 18.2 Å². The minimum absolute atomic E-state index is 0.107. The summed E-state index contributed by atoms with van der Waals surface area (Å²) in [6, 6.07) is 4.71. The second-order valence-corrected chi connectivity index (χ2v) is 6.12. The summed E-state index contributed by atoms with van der Waals surface area (Å²) in [5.74, 6) is 0.615. The van der Waals surface area contributed by atoms with Crippen LogP contribution in [0.15, 0.2) is 46.8 Å². The number of benzene rings is 1. The van der Waals surface area contributed by atoms with E-state index >= 15 is 0 Å². The van der Waals surface area contributed by atoms with Crippen LogP contribution in [0.25, 0.3) is 0 Å². The fraction of sp³-hybridized carbons (Fsp3) is 0.333. The maximum Gasteiger partial charge on any atom is 0.146 e. The molecule has 0 aromatic heterocycles. The Labute approximate surface area is 146 Å². The second-order valence-electron chi connectivity index (χ2n) is 5.71. The average molecular weight is 346 g/mol. The lowest BCUT2D eigenvalue weighted by molar-refractivity contribution is 0.249. The van der Waals surface area contributed by atoms with Crippen LogP contribution in [0.3, 0.4) is 0 Å². The molecule has 6 heteroatoms. The molecule has 0 amide bonds. The highest BCUT2D eigenvalue weighted by Gasteiger charge is 2.24. The molecule has 24 heavy (non-hydrogen) atoms. The molecular formula is C18H20ClN3O2. The average Bonchev–Trinajstić information content (AvgIpc) is 3.07. The normalized spacial score (nSPS) is 19.5. The van der Waals surface area contributed by atoms with Gasteiger partial charge in [-0.1, -0.05) is 11.6 Å². The smallest absolute Gasteiger partial charge is 0.146 e. The predicted octanol–water partition coefficient (Wildman–Crippen LogP) is 4.05. The molecule has 1 saturated heterocycles. The third kappa shape index (κ3) is 3.46. The number of rotatable bonds is 4. The maximum absolute atomic E-state index is 9.50. The molecule has 0 bridgehead atoms. The number of likely N-dealkylation sites (tertiary alicyclic amines) is 1. The first-order chi connectivity index (χ1) is 11.6. The van der Waals surface area contributed by atoms with E-state index in [4.69, 9.17) is 21.7 Å². The maximum atomic E-state index is 9.50. The zero-order valence-electron chi connectivity index (χ0n) is 13.6. The number of aliphatic imine (C=N–C) groups is 1. The molecule has 0 saturated carbocycles. The Morgan fingerprint density at radius 2 is 2.04 bits per heavy atom. The molecule has 0 radical (unpaired) electrons. The highest BCUT2D eigenvalue weighted by Crippen LogP contribution is 2.31. The summed E-state index contributed by atoms with van der Waals surface area (Å²) in [5, 5.41) is 18.1. The van der Waals surface area contributed by atoms with Crippen LogP contribution in [-0.2, 0) is 4.74 Å². The molecule has 3 rings (SSSR count). The van der Waals surface area contributed by atoms with Crippen LogP contribution in [0.1, 0.15) is 19.8 Å². The molecule has 2 N–H and O–H groups in total. The van der Waals surface area contributed by atoms with Crippen LogP contribution in [0, 0.1) is 5.41 Å². The van der Waals surface area contributed by atoms with Crippen molar-refractivity contribution < 1.29 is 9.84 Å². The van der Waals surface area contributed by atoms with Crippen molar-refractivity contribution in [3.05, 3.63) is 46.8 Å². The fourth-order valence-corrected chi connectivity index (χ4v) is 3.07. The van der Waals surface area contributed by atoms with Gasteiger partial charge in [-0.3, -0.25) is 5.41 Å². The molecule has 0 unspecified atom stereocenters. The van der Waals surface area contributed by atoms with Crippen molar-refractivity contribution >= 4 is 28.7 Å². The quantitative estimate of drug-likeness (QED) is 0.809. The fourth-order valence-electron chi connectivity index (χ4n) is 2.85. The van der Waals surface area contributed by atoms with Gasteiger partial charge in [-0.25, -0.2) is 4.99 Å². The van der Waals surface area contributed by atoms with Gasteiger partial charge >= 0.3 is 0 Å². The van der Waals surface area contributed by atoms with E-state index < -0.39 is 0 Å². The van der Waals surface area contributed by atoms with Crippen LogP contribution in [0.4, 0.5) is 5.69 Å². The van der Waals surface area contributed by atoms with Gasteiger partial charge in [0.15, 0.2) is 0 Å². The van der Waals surface area contributed by atoms with Crippen molar-refractivity contribution in [2.75, 3.05) is 19.7 Å². The van der Waals surface area contributed by atoms with Crippen molar-refractivity contribution in [1.82, 2.24) is 4.90 Å². The number of aromatic hydroxyl groups is 1. The van der Waals surface area contributed by atoms with E-state index in [1.807, 2.05) is 13.0 Å². The molecule has 126 valence electrons. The van der Waals surface area contributed by atoms with Crippen molar-refractivity contribution in [2.45, 2.75) is 19.8 Å². The number of hydrogen-bond donors (Lipinski definition) is 2. The first-order valence-electron chi connectivity index (χ1n) is 8.06. The molecule has 0 atom stereocenters. The molecule has 1 aliphatic carbocycles. The number of halogens is 1. The van der Waals surface area contributed by atoms with Crippen molar-refractivity contribution in [3.63, 3.8) is 0 Å². The van der Waals surface area contributed by atoms with Crippen LogP contribution in [0.5, 0.6) is 5.75 Å². The Kier molecular flexibility index (Phi) is 4.90. The van der Waals surface area contributed by atoms with Crippen LogP contribution < -0.4 is 0 Å². The summed E-state index contributed by atoms with van der Waals surface area (Å²) >= 11 is 6.19. The Hall–Kier alpha value is -2.27. The van der Waals surface area contributed by atoms with Crippen molar-refractivity contribution in [1.29, 1.82) is 5.41 Å². The van der Waals surface area contributed by atoms with Crippen LogP contribution >= 0.6 is 11.6 Å². The number of hydrogen-bond acceptors (Lipinski definition) is 5. The number of phenols is 1. The molecule has 2 aliphatic rings. The Morgan fingerprint density at radius 3 is 2.71 bits per heavy atom. The number of ether oxygens (including phenoxy) is 1. The van der Waals surface area contributed by atoms with E-state index in [0.717, 1.165) is 37.3 Å². The Balaban J connectivity index is 2.02. The van der Waals surface area contributed by atoms with E-state index in [1.165, 1.54) is 6.07 Å². The van der Waals surface area contributed by atoms with Gasteiger partial charge in [-0.15, -0.1) is 0 Å². The van der Waals surface area contributed by atoms with Crippen LogP contribution in [-0.4, -0.2) is 41.1 Å². The van der Waals surface area contributed by atoms with Gasteiger partial charge in [0.1, 0.15) is 11.5 Å². The number of phenolic OH excluding ortho intramolecular Hbond substituents is 1. The molecular weight excluding hydrogens is 326 g/mol. The van der Waals surface area contributed by atoms with E-state index in [-0.39, 0.29) is 5.75 Å². The summed E-state index contributed by atoms with van der Waals surface area (Å²) in [6.45, 7) is 4.30. The first kappa shape index (κ1) is 16.6. The summed E-state index contributed by atoms with van der Waals surface area (Å²) in [4.78, 5) is 6.90. The molecule has 1 aromatic carbocycles. The molecule has 0 spiro atoms. The zero-order chi connectivity index (χ0) is 17.1. The van der Waals surface area contributed by atoms with E-state index in [0.29, 0.717) is 28.8 Å². The summed E-state index contributed by atoms with van der Waals surface area (Å²) < 4.78 is 5.54. The summed E-state index contributed by atoms with van der Waals surface area (Å²) in [6.07, 6.45) is 5.88. The minimum Gasteiger partial charge on any atom is -0.508 e. The van der Waals surface area contributed by atoms with Gasteiger partial charge in [0.2, 0.25) is 0 Å². The van der Waals surface area contributed by atoms with Gasteiger partial charge < -0.3 is 14.7 Å². The van der Waals surface area contributed by atoms with Gasteiger partial charge in [0.05, 0.1) is 34.4 Å². The summed E-state index contributed by atoms with van der Waals surface area (Å²) in [5.41, 5.74) is 2.58. The van der Waals surface area contributed by atoms with Gasteiger partial charge in [-0.2, -0.15) is 0 Å². The molecule has 5 nitrogen and oxygen atoms in total. The minimum atomic E-state index is 0.107. The number of allylic oxidation sites excluding steroid dienone is 2. The molecule has 1 fully saturated rings. The topological polar surface area (TPSA) is 68.9 Å². The van der Waals surface area contributed by atoms with Crippen LogP contribution in [0.2, 0.25) is 5.02 Å². The highest BCUT2D eigenvalue weighted by molar-refractivity contribution is 6.33. The van der Waals surface area contributed by atoms with E-state index in [9.17, 15) is 5.11 Å². The SMILES string of the molecule is CCOC1=CC(=Nc2ccc(O)cc2Cl)C(N2CCCC2)=CC1=N. The van der Waals surface area contributed by atoms with Gasteiger partial charge in [-0.05, 0) is 38.0 Å². The number of nitrogens with zero attached hydrogens (tertiary/aromatic N) is 2. The Morgan fingerprint density at radius 1 is 1.29 bits per heavy atom. The monoisotopic (exact) mass is 345 g/mol. The molecule has 1 aromatic rings.